The molecule has 0 N–H and O–H groups in total. The summed E-state index contributed by atoms with van der Waals surface area (Å²) in [6.07, 6.45) is 0. The summed E-state index contributed by atoms with van der Waals surface area (Å²) < 4.78 is 6.57. The van der Waals surface area contributed by atoms with Gasteiger partial charge in [0.1, 0.15) is 11.3 Å². The van der Waals surface area contributed by atoms with E-state index in [1.807, 2.05) is 12.1 Å². The zero-order valence-electron chi connectivity index (χ0n) is 39.5. The van der Waals surface area contributed by atoms with Crippen LogP contribution in [0, 0.1) is 0 Å². The largest absolute Gasteiger partial charge is 0.455 e. The van der Waals surface area contributed by atoms with Gasteiger partial charge in [0.05, 0.1) is 0 Å². The first-order valence-electron chi connectivity index (χ1n) is 24.6. The third kappa shape index (κ3) is 8.11. The standard InChI is InChI=1S/C70H47NO/c1-3-12-48(13-4-1)49-22-24-50(25-23-49)52-32-39-62(40-33-52)71(64-43-36-55(37-44-64)59-38-45-66-60(46-59)31-30-56-14-7-8-19-65(56)66)63-41-34-53(35-42-63)51-26-28-54(29-27-51)58-17-11-18-61(47-58)70-69(57-15-5-2-6-16-57)67-20-9-10-21-68(67)72-70/h1-47H. The molecule has 1 aromatic heterocycles. The summed E-state index contributed by atoms with van der Waals surface area (Å²) in [6.45, 7) is 0. The maximum atomic E-state index is 6.57. The predicted octanol–water partition coefficient (Wildman–Crippen LogP) is 19.9. The Morgan fingerprint density at radius 3 is 1.17 bits per heavy atom. The smallest absolute Gasteiger partial charge is 0.143 e. The summed E-state index contributed by atoms with van der Waals surface area (Å²) >= 11 is 0. The van der Waals surface area contributed by atoms with Gasteiger partial charge in [0.15, 0.2) is 0 Å². The van der Waals surface area contributed by atoms with Crippen LogP contribution in [-0.4, -0.2) is 0 Å². The van der Waals surface area contributed by atoms with Crippen molar-refractivity contribution < 1.29 is 4.42 Å². The molecule has 12 aromatic carbocycles. The first-order valence-corrected chi connectivity index (χ1v) is 24.6. The number of para-hydroxylation sites is 1. The molecular weight excluding hydrogens is 871 g/mol. The van der Waals surface area contributed by atoms with Crippen LogP contribution in [0.15, 0.2) is 290 Å². The number of furan rings is 1. The van der Waals surface area contributed by atoms with Crippen LogP contribution >= 0.6 is 0 Å². The molecule has 0 unspecified atom stereocenters. The second kappa shape index (κ2) is 18.4. The molecule has 0 spiro atoms. The number of benzene rings is 12. The predicted molar refractivity (Wildman–Crippen MR) is 304 cm³/mol. The highest BCUT2D eigenvalue weighted by atomic mass is 16.3. The molecule has 13 aromatic rings. The quantitative estimate of drug-likeness (QED) is 0.127. The molecule has 0 saturated carbocycles. The fraction of sp³-hybridized carbons (Fsp3) is 0. The molecule has 13 rings (SSSR count). The Hall–Kier alpha value is -9.50. The van der Waals surface area contributed by atoms with Gasteiger partial charge in [-0.25, -0.2) is 0 Å². The molecule has 0 aliphatic rings. The number of hydrogen-bond acceptors (Lipinski definition) is 2. The highest BCUT2D eigenvalue weighted by Gasteiger charge is 2.19. The Morgan fingerprint density at radius 1 is 0.222 bits per heavy atom. The van der Waals surface area contributed by atoms with Gasteiger partial charge in [-0.1, -0.05) is 231 Å². The van der Waals surface area contributed by atoms with E-state index >= 15 is 0 Å². The number of hydrogen-bond donors (Lipinski definition) is 0. The van der Waals surface area contributed by atoms with Crippen molar-refractivity contribution in [2.75, 3.05) is 4.90 Å². The van der Waals surface area contributed by atoms with Gasteiger partial charge in [-0.05, 0) is 137 Å². The van der Waals surface area contributed by atoms with Crippen LogP contribution in [0.1, 0.15) is 0 Å². The van der Waals surface area contributed by atoms with Crippen LogP contribution in [-0.2, 0) is 0 Å². The maximum Gasteiger partial charge on any atom is 0.143 e. The summed E-state index contributed by atoms with van der Waals surface area (Å²) in [7, 11) is 0. The van der Waals surface area contributed by atoms with E-state index in [0.29, 0.717) is 0 Å². The third-order valence-corrected chi connectivity index (χ3v) is 14.1. The molecule has 2 nitrogen and oxygen atoms in total. The summed E-state index contributed by atoms with van der Waals surface area (Å²) in [5.74, 6) is 0.884. The second-order valence-electron chi connectivity index (χ2n) is 18.5. The summed E-state index contributed by atoms with van der Waals surface area (Å²) in [5, 5.41) is 6.18. The number of anilines is 3. The van der Waals surface area contributed by atoms with Crippen LogP contribution in [0.4, 0.5) is 17.1 Å². The van der Waals surface area contributed by atoms with Crippen LogP contribution in [0.25, 0.3) is 111 Å². The SMILES string of the molecule is c1ccc(-c2ccc(-c3ccc(N(c4ccc(-c5ccc(-c6cccc(-c7oc8ccccc8c7-c7ccccc7)c6)cc5)cc4)c4ccc(-c5ccc6c(ccc7ccccc76)c5)cc4)cc3)cc2)cc1. The molecule has 72 heavy (non-hydrogen) atoms. The second-order valence-corrected chi connectivity index (χ2v) is 18.5. The van der Waals surface area contributed by atoms with E-state index in [4.69, 9.17) is 4.42 Å². The van der Waals surface area contributed by atoms with Crippen LogP contribution in [0.2, 0.25) is 0 Å². The molecule has 0 atom stereocenters. The zero-order valence-corrected chi connectivity index (χ0v) is 39.5. The Labute approximate surface area is 420 Å². The zero-order chi connectivity index (χ0) is 47.8. The third-order valence-electron chi connectivity index (χ3n) is 14.1. The van der Waals surface area contributed by atoms with Gasteiger partial charge in [-0.15, -0.1) is 0 Å². The average molecular weight is 918 g/mol. The number of fused-ring (bicyclic) bond motifs is 4. The van der Waals surface area contributed by atoms with Gasteiger partial charge in [-0.3, -0.25) is 0 Å². The van der Waals surface area contributed by atoms with Gasteiger partial charge in [0.25, 0.3) is 0 Å². The summed E-state index contributed by atoms with van der Waals surface area (Å²) in [4.78, 5) is 2.35. The summed E-state index contributed by atoms with van der Waals surface area (Å²) in [5.41, 5.74) is 19.2. The van der Waals surface area contributed by atoms with E-state index in [9.17, 15) is 0 Å². The highest BCUT2D eigenvalue weighted by Crippen LogP contribution is 2.43. The fourth-order valence-corrected chi connectivity index (χ4v) is 10.4. The lowest BCUT2D eigenvalue weighted by molar-refractivity contribution is 0.632. The minimum Gasteiger partial charge on any atom is -0.455 e. The fourth-order valence-electron chi connectivity index (χ4n) is 10.4. The lowest BCUT2D eigenvalue weighted by atomic mass is 9.95. The van der Waals surface area contributed by atoms with E-state index in [1.54, 1.807) is 0 Å². The molecule has 0 fully saturated rings. The molecule has 0 aliphatic heterocycles. The van der Waals surface area contributed by atoms with Crippen molar-refractivity contribution >= 4 is 49.6 Å². The maximum absolute atomic E-state index is 6.57. The molecule has 338 valence electrons. The van der Waals surface area contributed by atoms with E-state index in [2.05, 4.69) is 278 Å². The minimum absolute atomic E-state index is 0.884. The Morgan fingerprint density at radius 2 is 0.597 bits per heavy atom. The van der Waals surface area contributed by atoms with Gasteiger partial charge in [0, 0.05) is 33.6 Å². The molecule has 0 aliphatic carbocycles. The van der Waals surface area contributed by atoms with Gasteiger partial charge in [-0.2, -0.15) is 0 Å². The van der Waals surface area contributed by atoms with E-state index < -0.39 is 0 Å². The van der Waals surface area contributed by atoms with Crippen LogP contribution < -0.4 is 4.90 Å². The van der Waals surface area contributed by atoms with Crippen molar-refractivity contribution in [1.82, 2.24) is 0 Å². The van der Waals surface area contributed by atoms with Gasteiger partial charge < -0.3 is 9.32 Å². The molecule has 0 saturated heterocycles. The van der Waals surface area contributed by atoms with Gasteiger partial charge >= 0.3 is 0 Å². The normalized spacial score (nSPS) is 11.3. The Bertz CT molecular complexity index is 4020. The van der Waals surface area contributed by atoms with Crippen molar-refractivity contribution in [3.8, 4) is 78.1 Å². The topological polar surface area (TPSA) is 16.4 Å². The van der Waals surface area contributed by atoms with Crippen molar-refractivity contribution in [3.63, 3.8) is 0 Å². The van der Waals surface area contributed by atoms with Crippen molar-refractivity contribution in [3.05, 3.63) is 285 Å². The minimum atomic E-state index is 0.884. The van der Waals surface area contributed by atoms with E-state index in [-0.39, 0.29) is 0 Å². The van der Waals surface area contributed by atoms with Crippen molar-refractivity contribution in [1.29, 1.82) is 0 Å². The molecule has 0 radical (unpaired) electrons. The van der Waals surface area contributed by atoms with Crippen LogP contribution in [0.3, 0.4) is 0 Å². The molecule has 1 heterocycles. The number of nitrogens with zero attached hydrogens (tertiary/aromatic N) is 1. The first kappa shape index (κ1) is 42.6. The monoisotopic (exact) mass is 917 g/mol. The van der Waals surface area contributed by atoms with Crippen LogP contribution in [0.5, 0.6) is 0 Å². The molecule has 2 heteroatoms. The number of rotatable bonds is 10. The molecule has 0 bridgehead atoms. The molecular formula is C70H47NO. The van der Waals surface area contributed by atoms with E-state index in [0.717, 1.165) is 72.7 Å². The first-order chi connectivity index (χ1) is 35.7. The van der Waals surface area contributed by atoms with Gasteiger partial charge in [0.2, 0.25) is 0 Å². The summed E-state index contributed by atoms with van der Waals surface area (Å²) in [6, 6.07) is 103. The average Bonchev–Trinajstić information content (AvgIpc) is 3.86. The highest BCUT2D eigenvalue weighted by molar-refractivity contribution is 6.08. The van der Waals surface area contributed by atoms with Crippen molar-refractivity contribution in [2.24, 2.45) is 0 Å². The Balaban J connectivity index is 0.802. The van der Waals surface area contributed by atoms with E-state index in [1.165, 1.54) is 54.9 Å². The lowest BCUT2D eigenvalue weighted by Crippen LogP contribution is -2.09. The lowest BCUT2D eigenvalue weighted by Gasteiger charge is -2.26. The Kier molecular flexibility index (Phi) is 10.9. The molecule has 0 amide bonds. The van der Waals surface area contributed by atoms with Crippen molar-refractivity contribution in [2.45, 2.75) is 0 Å².